The molecule has 0 atom stereocenters. The van der Waals surface area contributed by atoms with Gasteiger partial charge in [-0.15, -0.1) is 0 Å². The van der Waals surface area contributed by atoms with E-state index >= 15 is 0 Å². The Morgan fingerprint density at radius 1 is 1.09 bits per heavy atom. The molecule has 23 heavy (non-hydrogen) atoms. The van der Waals surface area contributed by atoms with Gasteiger partial charge in [-0.3, -0.25) is 4.79 Å². The summed E-state index contributed by atoms with van der Waals surface area (Å²) in [5, 5.41) is 2.20. The molecule has 3 rings (SSSR count). The van der Waals surface area contributed by atoms with Crippen molar-refractivity contribution >= 4 is 40.1 Å². The molecule has 118 valence electrons. The molecule has 0 bridgehead atoms. The van der Waals surface area contributed by atoms with Crippen LogP contribution in [0.4, 0.5) is 0 Å². The highest BCUT2D eigenvalue weighted by atomic mass is 35.5. The first-order valence-corrected chi connectivity index (χ1v) is 8.03. The maximum atomic E-state index is 11.9. The number of esters is 1. The van der Waals surface area contributed by atoms with Crippen molar-refractivity contribution in [3.63, 3.8) is 0 Å². The number of aromatic amines is 1. The smallest absolute Gasteiger partial charge is 0.306 e. The van der Waals surface area contributed by atoms with Crippen LogP contribution in [0.2, 0.25) is 10.0 Å². The second-order valence-electron chi connectivity index (χ2n) is 5.26. The van der Waals surface area contributed by atoms with Gasteiger partial charge in [0, 0.05) is 39.1 Å². The number of hydrogen-bond acceptors (Lipinski definition) is 2. The monoisotopic (exact) mass is 347 g/mol. The van der Waals surface area contributed by atoms with Crippen LogP contribution in [-0.4, -0.2) is 11.0 Å². The number of halogens is 2. The van der Waals surface area contributed by atoms with E-state index in [-0.39, 0.29) is 12.6 Å². The van der Waals surface area contributed by atoms with Crippen LogP contribution in [0, 0.1) is 0 Å². The Bertz CT molecular complexity index is 842. The van der Waals surface area contributed by atoms with Crippen LogP contribution in [0.5, 0.6) is 0 Å². The first-order valence-electron chi connectivity index (χ1n) is 7.28. The fourth-order valence-electron chi connectivity index (χ4n) is 2.44. The van der Waals surface area contributed by atoms with Gasteiger partial charge >= 0.3 is 5.97 Å². The fourth-order valence-corrected chi connectivity index (χ4v) is 2.91. The normalized spacial score (nSPS) is 10.9. The number of H-pyrrole nitrogens is 1. The van der Waals surface area contributed by atoms with Crippen molar-refractivity contribution in [1.29, 1.82) is 0 Å². The van der Waals surface area contributed by atoms with E-state index in [2.05, 4.69) is 4.98 Å². The number of ether oxygens (including phenoxy) is 1. The lowest BCUT2D eigenvalue weighted by molar-refractivity contribution is -0.144. The minimum atomic E-state index is -0.249. The minimum Gasteiger partial charge on any atom is -0.461 e. The summed E-state index contributed by atoms with van der Waals surface area (Å²) < 4.78 is 5.28. The topological polar surface area (TPSA) is 42.1 Å². The average Bonchev–Trinajstić information content (AvgIpc) is 2.95. The molecule has 0 spiro atoms. The predicted octanol–water partition coefficient (Wildman–Crippen LogP) is 5.15. The highest BCUT2D eigenvalue weighted by Gasteiger charge is 2.09. The van der Waals surface area contributed by atoms with E-state index in [1.54, 1.807) is 18.2 Å². The molecule has 1 N–H and O–H groups in total. The van der Waals surface area contributed by atoms with Gasteiger partial charge in [-0.1, -0.05) is 47.5 Å². The van der Waals surface area contributed by atoms with E-state index in [1.165, 1.54) is 0 Å². The Hall–Kier alpha value is -1.97. The molecule has 0 saturated heterocycles. The highest BCUT2D eigenvalue weighted by Crippen LogP contribution is 2.22. The zero-order valence-electron chi connectivity index (χ0n) is 12.3. The van der Waals surface area contributed by atoms with Gasteiger partial charge in [-0.2, -0.15) is 0 Å². The van der Waals surface area contributed by atoms with Crippen molar-refractivity contribution in [3.05, 3.63) is 69.8 Å². The van der Waals surface area contributed by atoms with Crippen LogP contribution in [0.1, 0.15) is 17.5 Å². The molecule has 1 heterocycles. The van der Waals surface area contributed by atoms with Gasteiger partial charge < -0.3 is 9.72 Å². The van der Waals surface area contributed by atoms with Crippen LogP contribution in [0.3, 0.4) is 0 Å². The zero-order valence-corrected chi connectivity index (χ0v) is 13.8. The maximum absolute atomic E-state index is 11.9. The van der Waals surface area contributed by atoms with Gasteiger partial charge in [0.15, 0.2) is 0 Å². The van der Waals surface area contributed by atoms with E-state index < -0.39 is 0 Å². The number of carbonyl (C=O) groups excluding carboxylic acids is 1. The Morgan fingerprint density at radius 2 is 1.91 bits per heavy atom. The number of nitrogens with one attached hydrogen (secondary N) is 1. The van der Waals surface area contributed by atoms with Gasteiger partial charge in [-0.25, -0.2) is 0 Å². The number of carbonyl (C=O) groups is 1. The van der Waals surface area contributed by atoms with E-state index in [0.29, 0.717) is 22.9 Å². The average molecular weight is 348 g/mol. The summed E-state index contributed by atoms with van der Waals surface area (Å²) >= 11 is 11.9. The number of aryl methyl sites for hydroxylation is 1. The second kappa shape index (κ2) is 7.07. The van der Waals surface area contributed by atoms with Crippen LogP contribution < -0.4 is 0 Å². The summed E-state index contributed by atoms with van der Waals surface area (Å²) in [4.78, 5) is 15.1. The van der Waals surface area contributed by atoms with Gasteiger partial charge in [0.25, 0.3) is 0 Å². The molecule has 0 fully saturated rings. The van der Waals surface area contributed by atoms with E-state index in [0.717, 1.165) is 22.0 Å². The summed E-state index contributed by atoms with van der Waals surface area (Å²) in [6.45, 7) is 0.155. The number of para-hydroxylation sites is 1. The Morgan fingerprint density at radius 3 is 2.74 bits per heavy atom. The first-order chi connectivity index (χ1) is 11.1. The number of fused-ring (bicyclic) bond motifs is 1. The molecule has 0 unspecified atom stereocenters. The van der Waals surface area contributed by atoms with Crippen LogP contribution in [0.15, 0.2) is 48.7 Å². The van der Waals surface area contributed by atoms with Gasteiger partial charge in [0.1, 0.15) is 6.61 Å². The molecule has 3 nitrogen and oxygen atoms in total. The molecule has 1 aromatic heterocycles. The number of rotatable bonds is 5. The summed E-state index contributed by atoms with van der Waals surface area (Å²) in [7, 11) is 0. The third kappa shape index (κ3) is 3.87. The standard InChI is InChI=1S/C18H15Cl2NO2/c19-14-7-5-13(16(20)9-14)11-23-18(22)8-6-12-10-21-17-4-2-1-3-15(12)17/h1-5,7,9-10,21H,6,8,11H2. The maximum Gasteiger partial charge on any atom is 0.306 e. The molecule has 0 aliphatic heterocycles. The molecule has 0 aliphatic carbocycles. The summed E-state index contributed by atoms with van der Waals surface area (Å²) in [6.07, 6.45) is 2.90. The molecule has 0 amide bonds. The summed E-state index contributed by atoms with van der Waals surface area (Å²) in [6, 6.07) is 13.1. The van der Waals surface area contributed by atoms with Crippen molar-refractivity contribution in [3.8, 4) is 0 Å². The van der Waals surface area contributed by atoms with Crippen LogP contribution >= 0.6 is 23.2 Å². The third-order valence-corrected chi connectivity index (χ3v) is 4.26. The van der Waals surface area contributed by atoms with Crippen molar-refractivity contribution in [2.75, 3.05) is 0 Å². The van der Waals surface area contributed by atoms with Crippen molar-refractivity contribution in [2.45, 2.75) is 19.4 Å². The fraction of sp³-hybridized carbons (Fsp3) is 0.167. The van der Waals surface area contributed by atoms with Crippen molar-refractivity contribution in [2.24, 2.45) is 0 Å². The lowest BCUT2D eigenvalue weighted by Gasteiger charge is -2.07. The second-order valence-corrected chi connectivity index (χ2v) is 6.10. The lowest BCUT2D eigenvalue weighted by atomic mass is 10.1. The summed E-state index contributed by atoms with van der Waals surface area (Å²) in [5.74, 6) is -0.249. The molecule has 3 aromatic rings. The molecule has 5 heteroatoms. The molecular formula is C18H15Cl2NO2. The van der Waals surface area contributed by atoms with Gasteiger partial charge in [-0.05, 0) is 30.2 Å². The van der Waals surface area contributed by atoms with Crippen molar-refractivity contribution < 1.29 is 9.53 Å². The SMILES string of the molecule is O=C(CCc1c[nH]c2ccccc12)OCc1ccc(Cl)cc1Cl. The molecule has 0 aliphatic rings. The number of aromatic nitrogens is 1. The van der Waals surface area contributed by atoms with E-state index in [1.807, 2.05) is 30.5 Å². The number of benzene rings is 2. The Labute approximate surface area is 144 Å². The first kappa shape index (κ1) is 15.9. The Kier molecular flexibility index (Phi) is 4.89. The molecule has 0 saturated carbocycles. The highest BCUT2D eigenvalue weighted by molar-refractivity contribution is 6.35. The zero-order chi connectivity index (χ0) is 16.2. The lowest BCUT2D eigenvalue weighted by Crippen LogP contribution is -2.06. The van der Waals surface area contributed by atoms with Crippen LogP contribution in [-0.2, 0) is 22.6 Å². The number of hydrogen-bond donors (Lipinski definition) is 1. The molecule has 0 radical (unpaired) electrons. The van der Waals surface area contributed by atoms with Crippen LogP contribution in [0.25, 0.3) is 10.9 Å². The van der Waals surface area contributed by atoms with Gasteiger partial charge in [0.2, 0.25) is 0 Å². The third-order valence-electron chi connectivity index (χ3n) is 3.68. The minimum absolute atomic E-state index is 0.155. The van der Waals surface area contributed by atoms with E-state index in [9.17, 15) is 4.79 Å². The largest absolute Gasteiger partial charge is 0.461 e. The van der Waals surface area contributed by atoms with Gasteiger partial charge in [0.05, 0.1) is 0 Å². The predicted molar refractivity (Wildman–Crippen MR) is 92.9 cm³/mol. The van der Waals surface area contributed by atoms with E-state index in [4.69, 9.17) is 27.9 Å². The summed E-state index contributed by atoms with van der Waals surface area (Å²) in [5.41, 5.74) is 2.93. The van der Waals surface area contributed by atoms with Crippen molar-refractivity contribution in [1.82, 2.24) is 4.98 Å². The quantitative estimate of drug-likeness (QED) is 0.648. The molecule has 2 aromatic carbocycles. The molecular weight excluding hydrogens is 333 g/mol. The Balaban J connectivity index is 1.55.